The van der Waals surface area contributed by atoms with E-state index in [1.54, 1.807) is 42.3 Å². The summed E-state index contributed by atoms with van der Waals surface area (Å²) >= 11 is 0. The molecule has 65 valence electrons. The summed E-state index contributed by atoms with van der Waals surface area (Å²) in [5.74, 6) is 0. The smallest absolute Gasteiger partial charge is 0.668 e. The second-order valence-electron chi connectivity index (χ2n) is 1.34. The van der Waals surface area contributed by atoms with Crippen LogP contribution in [0, 0.1) is 0 Å². The number of hydrogen-bond acceptors (Lipinski definition) is 0. The zero-order chi connectivity index (χ0) is 8.12. The fourth-order valence-corrected chi connectivity index (χ4v) is 0. The van der Waals surface area contributed by atoms with E-state index >= 15 is 0 Å². The van der Waals surface area contributed by atoms with Gasteiger partial charge in [0.2, 0.25) is 0 Å². The van der Waals surface area contributed by atoms with Crippen molar-refractivity contribution < 1.29 is 19.5 Å². The van der Waals surface area contributed by atoms with Crippen LogP contribution in [0.3, 0.4) is 0 Å². The third-order valence-corrected chi connectivity index (χ3v) is 0. The Morgan fingerprint density at radius 1 is 0.500 bits per heavy atom. The van der Waals surface area contributed by atoms with Gasteiger partial charge in [-0.05, 0) is 0 Å². The van der Waals surface area contributed by atoms with Crippen molar-refractivity contribution in [1.82, 2.24) is 0 Å². The van der Waals surface area contributed by atoms with Gasteiger partial charge in [-0.1, -0.05) is 0 Å². The molecule has 0 amide bonds. The first-order valence-corrected chi connectivity index (χ1v) is 2.68. The molecule has 0 N–H and O–H groups in total. The molecule has 0 saturated carbocycles. The first-order valence-electron chi connectivity index (χ1n) is 2.68. The molecule has 4 heteroatoms. The number of rotatable bonds is 0. The maximum Gasteiger partial charge on any atom is 3.00 e. The summed E-state index contributed by atoms with van der Waals surface area (Å²) in [7, 11) is 10.5. The van der Waals surface area contributed by atoms with E-state index in [0.717, 1.165) is 0 Å². The molecule has 0 bridgehead atoms. The van der Waals surface area contributed by atoms with Gasteiger partial charge in [0.25, 0.3) is 0 Å². The summed E-state index contributed by atoms with van der Waals surface area (Å²) in [6, 6.07) is 0. The number of hydrogen-bond donors (Lipinski definition) is 0. The second-order valence-corrected chi connectivity index (χ2v) is 1.34. The van der Waals surface area contributed by atoms with E-state index in [-0.39, 0.29) is 19.5 Å². The van der Waals surface area contributed by atoms with Gasteiger partial charge in [0.05, 0.1) is 0 Å². The molecule has 0 aliphatic carbocycles. The van der Waals surface area contributed by atoms with Crippen LogP contribution in [0.25, 0.3) is 16.0 Å². The van der Waals surface area contributed by atoms with Crippen LogP contribution < -0.4 is 0 Å². The van der Waals surface area contributed by atoms with Crippen molar-refractivity contribution in [2.45, 2.75) is 0 Å². The van der Waals surface area contributed by atoms with Gasteiger partial charge in [0.1, 0.15) is 0 Å². The van der Waals surface area contributed by atoms with Gasteiger partial charge in [0, 0.05) is 0 Å². The summed E-state index contributed by atoms with van der Waals surface area (Å²) in [4.78, 5) is 0. The Kier molecular flexibility index (Phi) is 126. The maximum absolute atomic E-state index is 3.50. The van der Waals surface area contributed by atoms with Crippen LogP contribution in [-0.4, -0.2) is 42.3 Å². The van der Waals surface area contributed by atoms with E-state index in [4.69, 9.17) is 0 Å². The monoisotopic (exact) mass is 234 g/mol. The normalized spacial score (nSPS) is 5.40. The topological polar surface area (TPSA) is 42.3 Å². The predicted octanol–water partition coefficient (Wildman–Crippen LogP) is 1.86. The van der Waals surface area contributed by atoms with Gasteiger partial charge in [-0.25, -0.2) is 0 Å². The Hall–Kier alpha value is 0.503. The third-order valence-electron chi connectivity index (χ3n) is 0. The van der Waals surface area contributed by atoms with Crippen molar-refractivity contribution in [2.24, 2.45) is 0 Å². The quantitative estimate of drug-likeness (QED) is 0.573. The van der Waals surface area contributed by atoms with Crippen LogP contribution in [0.15, 0.2) is 0 Å². The minimum atomic E-state index is 0. The summed E-state index contributed by atoms with van der Waals surface area (Å²) in [5.41, 5.74) is 0. The van der Waals surface area contributed by atoms with E-state index in [9.17, 15) is 0 Å². The molecular weight excluding hydrogens is 215 g/mol. The maximum atomic E-state index is 3.50. The standard InChI is InChI=1S/3C2H6N.Ru/c3*1-3-2;/h3*1-2H3;/q3*-1;+3. The average molecular weight is 233 g/mol. The minimum absolute atomic E-state index is 0. The van der Waals surface area contributed by atoms with Crippen molar-refractivity contribution in [3.05, 3.63) is 16.0 Å². The van der Waals surface area contributed by atoms with E-state index in [2.05, 4.69) is 16.0 Å². The van der Waals surface area contributed by atoms with Crippen molar-refractivity contribution >= 4 is 0 Å². The number of nitrogens with zero attached hydrogens (tertiary/aromatic N) is 3. The molecule has 0 saturated heterocycles. The van der Waals surface area contributed by atoms with Crippen molar-refractivity contribution in [1.29, 1.82) is 0 Å². The summed E-state index contributed by atoms with van der Waals surface area (Å²) in [6.45, 7) is 0. The minimum Gasteiger partial charge on any atom is -0.668 e. The van der Waals surface area contributed by atoms with Crippen LogP contribution in [-0.2, 0) is 19.5 Å². The summed E-state index contributed by atoms with van der Waals surface area (Å²) in [5, 5.41) is 10.5. The first-order chi connectivity index (χ1) is 4.24. The van der Waals surface area contributed by atoms with Crippen LogP contribution >= 0.6 is 0 Å². The van der Waals surface area contributed by atoms with Crippen molar-refractivity contribution in [3.63, 3.8) is 0 Å². The molecule has 0 spiro atoms. The van der Waals surface area contributed by atoms with Gasteiger partial charge in [-0.2, -0.15) is 42.3 Å². The molecule has 0 aliphatic heterocycles. The largest absolute Gasteiger partial charge is 3.00 e. The molecule has 0 rings (SSSR count). The molecule has 10 heavy (non-hydrogen) atoms. The fraction of sp³-hybridized carbons (Fsp3) is 1.00. The zero-order valence-corrected chi connectivity index (χ0v) is 9.43. The SMILES string of the molecule is C[N-]C.C[N-]C.C[N-]C.[Ru+3]. The molecule has 0 heterocycles. The van der Waals surface area contributed by atoms with Crippen LogP contribution in [0.5, 0.6) is 0 Å². The van der Waals surface area contributed by atoms with Crippen molar-refractivity contribution in [2.75, 3.05) is 42.3 Å². The van der Waals surface area contributed by atoms with E-state index in [1.165, 1.54) is 0 Å². The Bertz CT molecular complexity index is 17.7. The molecule has 3 nitrogen and oxygen atoms in total. The van der Waals surface area contributed by atoms with Gasteiger partial charge in [0.15, 0.2) is 0 Å². The Balaban J connectivity index is -0.0000000257. The average Bonchev–Trinajstić information content (AvgIpc) is 1.70. The summed E-state index contributed by atoms with van der Waals surface area (Å²) < 4.78 is 0. The van der Waals surface area contributed by atoms with Gasteiger partial charge in [-0.15, -0.1) is 0 Å². The molecule has 0 unspecified atom stereocenters. The molecule has 1 radical (unpaired) electrons. The molecule has 0 fully saturated rings. The van der Waals surface area contributed by atoms with Crippen LogP contribution in [0.1, 0.15) is 0 Å². The molecule has 0 atom stereocenters. The molecule has 0 aromatic carbocycles. The fourth-order valence-electron chi connectivity index (χ4n) is 0. The van der Waals surface area contributed by atoms with E-state index in [1.807, 2.05) is 0 Å². The second kappa shape index (κ2) is 56.0. The van der Waals surface area contributed by atoms with Crippen LogP contribution in [0.4, 0.5) is 0 Å². The molecule has 0 aliphatic rings. The van der Waals surface area contributed by atoms with Crippen LogP contribution in [0.2, 0.25) is 0 Å². The third kappa shape index (κ3) is 1890. The van der Waals surface area contributed by atoms with Gasteiger partial charge < -0.3 is 16.0 Å². The molecule has 0 aromatic rings. The Morgan fingerprint density at radius 2 is 0.500 bits per heavy atom. The van der Waals surface area contributed by atoms with Crippen molar-refractivity contribution in [3.8, 4) is 0 Å². The zero-order valence-electron chi connectivity index (χ0n) is 7.70. The van der Waals surface area contributed by atoms with E-state index < -0.39 is 0 Å². The molecular formula is C6H18N3Ru. The molecule has 0 aromatic heterocycles. The van der Waals surface area contributed by atoms with E-state index in [0.29, 0.717) is 0 Å². The predicted molar refractivity (Wildman–Crippen MR) is 45.6 cm³/mol. The first kappa shape index (κ1) is 22.4. The summed E-state index contributed by atoms with van der Waals surface area (Å²) in [6.07, 6.45) is 0. The Labute approximate surface area is 78.1 Å². The Morgan fingerprint density at radius 3 is 0.500 bits per heavy atom. The van der Waals surface area contributed by atoms with Gasteiger partial charge >= 0.3 is 19.5 Å². The van der Waals surface area contributed by atoms with Gasteiger partial charge in [-0.3, -0.25) is 0 Å².